The Morgan fingerprint density at radius 2 is 1.97 bits per heavy atom. The van der Waals surface area contributed by atoms with Gasteiger partial charge in [0.15, 0.2) is 0 Å². The number of morpholine rings is 1. The van der Waals surface area contributed by atoms with Crippen molar-refractivity contribution >= 4 is 11.7 Å². The van der Waals surface area contributed by atoms with Gasteiger partial charge in [-0.15, -0.1) is 0 Å². The predicted octanol–water partition coefficient (Wildman–Crippen LogP) is 2.53. The quantitative estimate of drug-likeness (QED) is 0.681. The van der Waals surface area contributed by atoms with E-state index in [4.69, 9.17) is 9.47 Å². The number of benzene rings is 1. The van der Waals surface area contributed by atoms with E-state index >= 15 is 0 Å². The number of piperidine rings is 1. The van der Waals surface area contributed by atoms with Gasteiger partial charge in [0, 0.05) is 52.0 Å². The number of anilines is 1. The maximum atomic E-state index is 13.4. The second-order valence-corrected chi connectivity index (χ2v) is 8.14. The second kappa shape index (κ2) is 10.6. The van der Waals surface area contributed by atoms with Crippen LogP contribution in [0, 0.1) is 0 Å². The Morgan fingerprint density at radius 1 is 1.16 bits per heavy atom. The van der Waals surface area contributed by atoms with Gasteiger partial charge < -0.3 is 19.3 Å². The maximum absolute atomic E-state index is 13.4. The highest BCUT2D eigenvalue weighted by molar-refractivity contribution is 5.97. The number of aromatic nitrogens is 1. The number of hydrogen-bond acceptors (Lipinski definition) is 6. The minimum atomic E-state index is 0.00911. The number of carbonyl (C=O) groups is 1. The SMILES string of the molecule is CN(C(=O)c1ccccc1OCCN1CCOCC1)[C@H]1CCCN(c2ccccn2)C1. The average molecular weight is 425 g/mol. The van der Waals surface area contributed by atoms with Crippen LogP contribution in [0.5, 0.6) is 5.75 Å². The molecule has 0 saturated carbocycles. The zero-order chi connectivity index (χ0) is 21.5. The molecule has 7 heteroatoms. The first-order chi connectivity index (χ1) is 15.2. The molecule has 2 aliphatic heterocycles. The Kier molecular flexibility index (Phi) is 7.38. The smallest absolute Gasteiger partial charge is 0.257 e. The van der Waals surface area contributed by atoms with Gasteiger partial charge in [-0.1, -0.05) is 18.2 Å². The van der Waals surface area contributed by atoms with Crippen molar-refractivity contribution in [2.45, 2.75) is 18.9 Å². The van der Waals surface area contributed by atoms with Crippen LogP contribution in [0.1, 0.15) is 23.2 Å². The summed E-state index contributed by atoms with van der Waals surface area (Å²) in [7, 11) is 1.90. The Balaban J connectivity index is 1.38. The van der Waals surface area contributed by atoms with Crippen molar-refractivity contribution < 1.29 is 14.3 Å². The van der Waals surface area contributed by atoms with E-state index in [0.717, 1.165) is 64.6 Å². The molecule has 1 atom stereocenters. The van der Waals surface area contributed by atoms with Crippen LogP contribution >= 0.6 is 0 Å². The lowest BCUT2D eigenvalue weighted by Gasteiger charge is -2.38. The highest BCUT2D eigenvalue weighted by Crippen LogP contribution is 2.24. The van der Waals surface area contributed by atoms with Crippen LogP contribution in [0.4, 0.5) is 5.82 Å². The number of nitrogens with zero attached hydrogens (tertiary/aromatic N) is 4. The van der Waals surface area contributed by atoms with Gasteiger partial charge in [0.2, 0.25) is 0 Å². The van der Waals surface area contributed by atoms with Crippen LogP contribution < -0.4 is 9.64 Å². The van der Waals surface area contributed by atoms with Crippen molar-refractivity contribution in [1.82, 2.24) is 14.8 Å². The van der Waals surface area contributed by atoms with Crippen LogP contribution in [0.2, 0.25) is 0 Å². The molecule has 0 bridgehead atoms. The van der Waals surface area contributed by atoms with E-state index < -0.39 is 0 Å². The first-order valence-corrected chi connectivity index (χ1v) is 11.2. The minimum Gasteiger partial charge on any atom is -0.491 e. The van der Waals surface area contributed by atoms with E-state index in [-0.39, 0.29) is 11.9 Å². The number of pyridine rings is 1. The van der Waals surface area contributed by atoms with Gasteiger partial charge in [0.05, 0.1) is 18.8 Å². The second-order valence-electron chi connectivity index (χ2n) is 8.14. The molecule has 7 nitrogen and oxygen atoms in total. The molecule has 31 heavy (non-hydrogen) atoms. The lowest BCUT2D eigenvalue weighted by atomic mass is 10.0. The summed E-state index contributed by atoms with van der Waals surface area (Å²) in [4.78, 5) is 24.3. The van der Waals surface area contributed by atoms with Gasteiger partial charge in [0.1, 0.15) is 18.2 Å². The Morgan fingerprint density at radius 3 is 2.77 bits per heavy atom. The summed E-state index contributed by atoms with van der Waals surface area (Å²) >= 11 is 0. The van der Waals surface area contributed by atoms with Crippen molar-refractivity contribution in [3.63, 3.8) is 0 Å². The fourth-order valence-electron chi connectivity index (χ4n) is 4.25. The molecule has 1 aromatic heterocycles. The number of para-hydroxylation sites is 1. The molecule has 0 N–H and O–H groups in total. The van der Waals surface area contributed by atoms with E-state index in [2.05, 4.69) is 14.8 Å². The van der Waals surface area contributed by atoms with E-state index in [1.165, 1.54) is 0 Å². The molecular weight excluding hydrogens is 392 g/mol. The molecule has 2 aromatic rings. The predicted molar refractivity (Wildman–Crippen MR) is 121 cm³/mol. The lowest BCUT2D eigenvalue weighted by molar-refractivity contribution is 0.0321. The first kappa shape index (κ1) is 21.6. The summed E-state index contributed by atoms with van der Waals surface area (Å²) in [5, 5.41) is 0. The molecule has 3 heterocycles. The van der Waals surface area contributed by atoms with Crippen LogP contribution in [0.25, 0.3) is 0 Å². The third-order valence-corrected chi connectivity index (χ3v) is 6.12. The number of ether oxygens (including phenoxy) is 2. The minimum absolute atomic E-state index is 0.00911. The Bertz CT molecular complexity index is 842. The molecule has 1 amide bonds. The zero-order valence-electron chi connectivity index (χ0n) is 18.3. The van der Waals surface area contributed by atoms with Crippen LogP contribution in [0.3, 0.4) is 0 Å². The average Bonchev–Trinajstić information content (AvgIpc) is 2.85. The highest BCUT2D eigenvalue weighted by atomic mass is 16.5. The summed E-state index contributed by atoms with van der Waals surface area (Å²) < 4.78 is 11.4. The molecule has 1 aromatic carbocycles. The van der Waals surface area contributed by atoms with E-state index in [1.807, 2.05) is 60.6 Å². The van der Waals surface area contributed by atoms with Gasteiger partial charge >= 0.3 is 0 Å². The number of hydrogen-bond donors (Lipinski definition) is 0. The van der Waals surface area contributed by atoms with Crippen molar-refractivity contribution in [2.75, 3.05) is 64.5 Å². The van der Waals surface area contributed by atoms with Gasteiger partial charge in [-0.25, -0.2) is 4.98 Å². The third-order valence-electron chi connectivity index (χ3n) is 6.12. The van der Waals surface area contributed by atoms with E-state index in [1.54, 1.807) is 0 Å². The van der Waals surface area contributed by atoms with Crippen LogP contribution in [0.15, 0.2) is 48.7 Å². The molecule has 0 aliphatic carbocycles. The summed E-state index contributed by atoms with van der Waals surface area (Å²) in [6.45, 7) is 6.57. The third kappa shape index (κ3) is 5.54. The summed E-state index contributed by atoms with van der Waals surface area (Å²) in [5.41, 5.74) is 0.627. The van der Waals surface area contributed by atoms with E-state index in [0.29, 0.717) is 17.9 Å². The van der Waals surface area contributed by atoms with Crippen molar-refractivity contribution in [3.8, 4) is 5.75 Å². The van der Waals surface area contributed by atoms with Gasteiger partial charge in [-0.05, 0) is 37.1 Å². The Labute approximate surface area is 184 Å². The molecular formula is C24H32N4O3. The van der Waals surface area contributed by atoms with Gasteiger partial charge in [-0.3, -0.25) is 9.69 Å². The molecule has 4 rings (SSSR count). The number of amides is 1. The molecule has 0 radical (unpaired) electrons. The monoisotopic (exact) mass is 424 g/mol. The Hall–Kier alpha value is -2.64. The van der Waals surface area contributed by atoms with Crippen molar-refractivity contribution in [2.24, 2.45) is 0 Å². The normalized spacial score (nSPS) is 19.8. The van der Waals surface area contributed by atoms with Gasteiger partial charge in [-0.2, -0.15) is 0 Å². The van der Waals surface area contributed by atoms with Crippen molar-refractivity contribution in [3.05, 3.63) is 54.2 Å². The number of likely N-dealkylation sites (N-methyl/N-ethyl adjacent to an activating group) is 1. The summed E-state index contributed by atoms with van der Waals surface area (Å²) in [6.07, 6.45) is 3.85. The molecule has 2 aliphatic rings. The molecule has 2 fully saturated rings. The van der Waals surface area contributed by atoms with Crippen molar-refractivity contribution in [1.29, 1.82) is 0 Å². The lowest BCUT2D eigenvalue weighted by Crippen LogP contribution is -2.49. The largest absolute Gasteiger partial charge is 0.491 e. The standard InChI is InChI=1S/C24H32N4O3/c1-26(20-7-6-12-28(19-20)23-10-4-5-11-25-23)24(29)21-8-2-3-9-22(21)31-18-15-27-13-16-30-17-14-27/h2-5,8-11,20H,6-7,12-19H2,1H3/t20-/m0/s1. The molecule has 2 saturated heterocycles. The maximum Gasteiger partial charge on any atom is 0.257 e. The number of carbonyl (C=O) groups excluding carboxylic acids is 1. The summed E-state index contributed by atoms with van der Waals surface area (Å²) in [6, 6.07) is 13.7. The highest BCUT2D eigenvalue weighted by Gasteiger charge is 2.28. The number of rotatable bonds is 7. The van der Waals surface area contributed by atoms with Crippen LogP contribution in [-0.4, -0.2) is 86.3 Å². The molecule has 0 spiro atoms. The zero-order valence-corrected chi connectivity index (χ0v) is 18.3. The first-order valence-electron chi connectivity index (χ1n) is 11.2. The van der Waals surface area contributed by atoms with Crippen LogP contribution in [-0.2, 0) is 4.74 Å². The molecule has 166 valence electrons. The fourth-order valence-corrected chi connectivity index (χ4v) is 4.25. The van der Waals surface area contributed by atoms with E-state index in [9.17, 15) is 4.79 Å². The summed E-state index contributed by atoms with van der Waals surface area (Å²) in [5.74, 6) is 1.64. The van der Waals surface area contributed by atoms with Gasteiger partial charge in [0.25, 0.3) is 5.91 Å². The molecule has 0 unspecified atom stereocenters. The fraction of sp³-hybridized carbons (Fsp3) is 0.500. The topological polar surface area (TPSA) is 58.1 Å².